The molecular weight excluding hydrogens is 392 g/mol. The maximum Gasteiger partial charge on any atom is 0.114 e. The van der Waals surface area contributed by atoms with Crippen molar-refractivity contribution in [1.82, 2.24) is 0 Å². The minimum Gasteiger partial charge on any atom is -0.394 e. The van der Waals surface area contributed by atoms with Crippen LogP contribution in [0.25, 0.3) is 0 Å². The third-order valence-corrected chi connectivity index (χ3v) is 6.22. The highest BCUT2D eigenvalue weighted by Gasteiger charge is 2.38. The molecule has 0 radical (unpaired) electrons. The fourth-order valence-electron chi connectivity index (χ4n) is 4.13. The largest absolute Gasteiger partial charge is 0.394 e. The van der Waals surface area contributed by atoms with E-state index in [9.17, 15) is 15.3 Å². The summed E-state index contributed by atoms with van der Waals surface area (Å²) in [6, 6.07) is 0. The van der Waals surface area contributed by atoms with E-state index in [0.717, 1.165) is 12.8 Å². The number of hydrogen-bond donors (Lipinski definition) is 3. The van der Waals surface area contributed by atoms with Gasteiger partial charge in [-0.3, -0.25) is 0 Å². The molecule has 5 nitrogen and oxygen atoms in total. The molecule has 0 aromatic carbocycles. The van der Waals surface area contributed by atoms with Gasteiger partial charge in [-0.1, -0.05) is 96.1 Å². The van der Waals surface area contributed by atoms with Gasteiger partial charge in [0.05, 0.1) is 13.2 Å². The normalized spacial score (nSPS) is 24.3. The van der Waals surface area contributed by atoms with Crippen molar-refractivity contribution >= 4 is 0 Å². The van der Waals surface area contributed by atoms with Crippen LogP contribution in [0.1, 0.15) is 110 Å². The number of hydrogen-bond acceptors (Lipinski definition) is 5. The Balaban J connectivity index is 1.81. The van der Waals surface area contributed by atoms with E-state index in [1.807, 2.05) is 0 Å². The molecule has 0 aromatic heterocycles. The van der Waals surface area contributed by atoms with Crippen molar-refractivity contribution < 1.29 is 24.8 Å². The first kappa shape index (κ1) is 28.6. The Labute approximate surface area is 191 Å². The third-order valence-electron chi connectivity index (χ3n) is 6.22. The second kappa shape index (κ2) is 20.2. The zero-order valence-corrected chi connectivity index (χ0v) is 20.1. The molecule has 4 atom stereocenters. The Hall–Kier alpha value is -0.460. The van der Waals surface area contributed by atoms with Crippen molar-refractivity contribution in [3.05, 3.63) is 12.2 Å². The van der Waals surface area contributed by atoms with Gasteiger partial charge in [-0.05, 0) is 25.7 Å². The zero-order chi connectivity index (χ0) is 22.6. The maximum atomic E-state index is 10.1. The molecule has 0 bridgehead atoms. The van der Waals surface area contributed by atoms with E-state index < -0.39 is 24.4 Å². The molecule has 0 unspecified atom stereocenters. The molecule has 1 rings (SSSR count). The highest BCUT2D eigenvalue weighted by molar-refractivity contribution is 4.87. The van der Waals surface area contributed by atoms with Gasteiger partial charge in [0.1, 0.15) is 24.4 Å². The lowest BCUT2D eigenvalue weighted by Gasteiger charge is -2.37. The summed E-state index contributed by atoms with van der Waals surface area (Å²) in [4.78, 5) is 0. The maximum absolute atomic E-state index is 10.1. The minimum atomic E-state index is -0.971. The fraction of sp³-hybridized carbons (Fsp3) is 0.923. The zero-order valence-electron chi connectivity index (χ0n) is 20.1. The van der Waals surface area contributed by atoms with Crippen molar-refractivity contribution in [1.29, 1.82) is 0 Å². The Kier molecular flexibility index (Phi) is 18.6. The number of aliphatic hydroxyl groups excluding tert-OH is 3. The number of ether oxygens (including phenoxy) is 2. The molecule has 1 aliphatic heterocycles. The minimum absolute atomic E-state index is 0.101. The first-order valence-corrected chi connectivity index (χ1v) is 13.1. The molecule has 0 aliphatic carbocycles. The molecule has 1 saturated heterocycles. The average Bonchev–Trinajstić information content (AvgIpc) is 2.77. The standard InChI is InChI=1S/C26H50O5/c1-2-3-4-5-6-7-8-9-10-11-12-13-14-15-16-17-18-19-20-30-26-23(28)22-31-24(21-27)25(26)29/h5-6,23-29H,2-4,7-22H2,1H3/b6-5+/t23-,24+,25+,26+/m0/s1. The predicted octanol–water partition coefficient (Wildman–Crippen LogP) is 5.30. The van der Waals surface area contributed by atoms with Crippen LogP contribution in [0.4, 0.5) is 0 Å². The summed E-state index contributed by atoms with van der Waals surface area (Å²) in [5, 5.41) is 29.2. The van der Waals surface area contributed by atoms with Crippen molar-refractivity contribution in [3.63, 3.8) is 0 Å². The third kappa shape index (κ3) is 14.3. The van der Waals surface area contributed by atoms with Crippen LogP contribution >= 0.6 is 0 Å². The molecular formula is C26H50O5. The predicted molar refractivity (Wildman–Crippen MR) is 127 cm³/mol. The summed E-state index contributed by atoms with van der Waals surface area (Å²) < 4.78 is 10.9. The summed E-state index contributed by atoms with van der Waals surface area (Å²) in [5.41, 5.74) is 0. The Bertz CT molecular complexity index is 415. The number of rotatable bonds is 20. The van der Waals surface area contributed by atoms with E-state index in [1.165, 1.54) is 89.9 Å². The van der Waals surface area contributed by atoms with Crippen LogP contribution in [0, 0.1) is 0 Å². The lowest BCUT2D eigenvalue weighted by atomic mass is 10.0. The number of allylic oxidation sites excluding steroid dienone is 2. The molecule has 1 heterocycles. The molecule has 0 aromatic rings. The van der Waals surface area contributed by atoms with Crippen molar-refractivity contribution in [3.8, 4) is 0 Å². The Morgan fingerprint density at radius 1 is 0.774 bits per heavy atom. The van der Waals surface area contributed by atoms with Gasteiger partial charge in [-0.2, -0.15) is 0 Å². The van der Waals surface area contributed by atoms with Gasteiger partial charge < -0.3 is 24.8 Å². The van der Waals surface area contributed by atoms with Gasteiger partial charge in [-0.25, -0.2) is 0 Å². The van der Waals surface area contributed by atoms with Gasteiger partial charge in [-0.15, -0.1) is 0 Å². The van der Waals surface area contributed by atoms with Crippen LogP contribution in [0.15, 0.2) is 12.2 Å². The monoisotopic (exact) mass is 442 g/mol. The molecule has 1 fully saturated rings. The van der Waals surface area contributed by atoms with E-state index in [4.69, 9.17) is 9.47 Å². The topological polar surface area (TPSA) is 79.2 Å². The van der Waals surface area contributed by atoms with Crippen molar-refractivity contribution in [2.24, 2.45) is 0 Å². The molecule has 184 valence electrons. The van der Waals surface area contributed by atoms with Gasteiger partial charge in [0.2, 0.25) is 0 Å². The molecule has 1 aliphatic rings. The molecule has 5 heteroatoms. The van der Waals surface area contributed by atoms with E-state index >= 15 is 0 Å². The highest BCUT2D eigenvalue weighted by atomic mass is 16.6. The molecule has 0 saturated carbocycles. The van der Waals surface area contributed by atoms with E-state index in [-0.39, 0.29) is 13.2 Å². The van der Waals surface area contributed by atoms with Crippen molar-refractivity contribution in [2.75, 3.05) is 19.8 Å². The van der Waals surface area contributed by atoms with E-state index in [2.05, 4.69) is 19.1 Å². The summed E-state index contributed by atoms with van der Waals surface area (Å²) in [6.45, 7) is 2.62. The van der Waals surface area contributed by atoms with Gasteiger partial charge in [0, 0.05) is 6.61 Å². The van der Waals surface area contributed by atoms with Crippen LogP contribution in [-0.2, 0) is 9.47 Å². The molecule has 0 spiro atoms. The molecule has 0 amide bonds. The second-order valence-electron chi connectivity index (χ2n) is 9.09. The van der Waals surface area contributed by atoms with Crippen LogP contribution in [0.3, 0.4) is 0 Å². The lowest BCUT2D eigenvalue weighted by molar-refractivity contribution is -0.210. The summed E-state index contributed by atoms with van der Waals surface area (Å²) in [7, 11) is 0. The smallest absolute Gasteiger partial charge is 0.114 e. The van der Waals surface area contributed by atoms with Gasteiger partial charge >= 0.3 is 0 Å². The fourth-order valence-corrected chi connectivity index (χ4v) is 4.13. The van der Waals surface area contributed by atoms with Gasteiger partial charge in [0.15, 0.2) is 0 Å². The summed E-state index contributed by atoms with van der Waals surface area (Å²) in [5.74, 6) is 0. The van der Waals surface area contributed by atoms with Crippen LogP contribution in [-0.4, -0.2) is 59.6 Å². The highest BCUT2D eigenvalue weighted by Crippen LogP contribution is 2.19. The second-order valence-corrected chi connectivity index (χ2v) is 9.09. The molecule has 31 heavy (non-hydrogen) atoms. The van der Waals surface area contributed by atoms with Crippen LogP contribution in [0.2, 0.25) is 0 Å². The summed E-state index contributed by atoms with van der Waals surface area (Å²) >= 11 is 0. The SMILES string of the molecule is CCCC/C=C/CCCCCCCCCCCCCCO[C@H]1[C@H](O)[C@@H](CO)OC[C@@H]1O. The van der Waals surface area contributed by atoms with E-state index in [0.29, 0.717) is 6.61 Å². The van der Waals surface area contributed by atoms with Gasteiger partial charge in [0.25, 0.3) is 0 Å². The first-order chi connectivity index (χ1) is 15.2. The average molecular weight is 443 g/mol. The quantitative estimate of drug-likeness (QED) is 0.176. The van der Waals surface area contributed by atoms with Crippen LogP contribution < -0.4 is 0 Å². The van der Waals surface area contributed by atoms with Crippen molar-refractivity contribution in [2.45, 2.75) is 134 Å². The van der Waals surface area contributed by atoms with E-state index in [1.54, 1.807) is 0 Å². The lowest BCUT2D eigenvalue weighted by Crippen LogP contribution is -2.55. The van der Waals surface area contributed by atoms with Crippen LogP contribution in [0.5, 0.6) is 0 Å². The molecule has 3 N–H and O–H groups in total. The Morgan fingerprint density at radius 3 is 1.84 bits per heavy atom. The number of unbranched alkanes of at least 4 members (excludes halogenated alkanes) is 14. The first-order valence-electron chi connectivity index (χ1n) is 13.1. The number of aliphatic hydroxyl groups is 3. The Morgan fingerprint density at radius 2 is 1.29 bits per heavy atom. The summed E-state index contributed by atoms with van der Waals surface area (Å²) in [6.07, 6.45) is 22.2.